The number of rotatable bonds is 3. The molecular formula is C20H24Cl2N6O2. The van der Waals surface area contributed by atoms with Crippen molar-refractivity contribution in [3.63, 3.8) is 0 Å². The largest absolute Gasteiger partial charge is 0.323 e. The highest BCUT2D eigenvalue weighted by Crippen LogP contribution is 2.51. The lowest BCUT2D eigenvalue weighted by atomic mass is 10.1. The molecule has 0 bridgehead atoms. The average Bonchev–Trinajstić information content (AvgIpc) is 3.04. The molecule has 0 radical (unpaired) electrons. The number of benzene rings is 2. The van der Waals surface area contributed by atoms with Crippen LogP contribution in [0.2, 0.25) is 10.0 Å². The van der Waals surface area contributed by atoms with Crippen LogP contribution in [-0.4, -0.2) is 43.6 Å². The second kappa shape index (κ2) is 9.30. The fourth-order valence-corrected chi connectivity index (χ4v) is 3.63. The second-order valence-electron chi connectivity index (χ2n) is 6.55. The van der Waals surface area contributed by atoms with E-state index in [1.54, 1.807) is 18.3 Å². The monoisotopic (exact) mass is 450 g/mol. The highest BCUT2D eigenvalue weighted by Gasteiger charge is 2.40. The molecule has 1 aromatic heterocycles. The highest BCUT2D eigenvalue weighted by atomic mass is 35.5. The Labute approximate surface area is 185 Å². The summed E-state index contributed by atoms with van der Waals surface area (Å²) in [5.74, 6) is 0. The van der Waals surface area contributed by atoms with Gasteiger partial charge in [-0.15, -0.1) is 5.17 Å². The minimum absolute atomic E-state index is 0.394. The molecule has 30 heavy (non-hydrogen) atoms. The molecule has 8 nitrogen and oxygen atoms in total. The molecule has 0 spiro atoms. The van der Waals surface area contributed by atoms with Crippen LogP contribution in [0, 0.1) is 13.8 Å². The Morgan fingerprint density at radius 3 is 2.33 bits per heavy atom. The van der Waals surface area contributed by atoms with Crippen molar-refractivity contribution in [2.24, 2.45) is 0 Å². The van der Waals surface area contributed by atoms with Gasteiger partial charge in [0.2, 0.25) is 0 Å². The number of aromatic nitrogens is 2. The molecule has 160 valence electrons. The van der Waals surface area contributed by atoms with Crippen molar-refractivity contribution in [2.75, 3.05) is 38.5 Å². The van der Waals surface area contributed by atoms with Gasteiger partial charge in [0.15, 0.2) is 0 Å². The molecule has 10 heteroatoms. The Kier molecular flexibility index (Phi) is 6.97. The van der Waals surface area contributed by atoms with Crippen LogP contribution in [0.4, 0.5) is 17.1 Å². The topological polar surface area (TPSA) is 66.0 Å². The van der Waals surface area contributed by atoms with Gasteiger partial charge in [0.05, 0.1) is 41.2 Å². The number of nitrogens with zero attached hydrogens (tertiary/aromatic N) is 5. The van der Waals surface area contributed by atoms with Crippen LogP contribution in [0.5, 0.6) is 0 Å². The molecule has 1 aliphatic rings. The minimum atomic E-state index is 0.394. The first kappa shape index (κ1) is 22.5. The number of hydrogen-bond acceptors (Lipinski definition) is 8. The van der Waals surface area contributed by atoms with Crippen LogP contribution in [0.3, 0.4) is 0 Å². The Hall–Kier alpha value is -2.20. The number of hydrogen-bond donors (Lipinski definition) is 1. The van der Waals surface area contributed by atoms with Gasteiger partial charge in [-0.2, -0.15) is 0 Å². The standard InChI is InChI=1S/C18H17Cl2N5O2.C2H7N/c1-10-8-14-18(16(20)15(10)19)23(25(27-4)24(14)26-3)13-7-5-6-12-17(13)21-9-11(2)22-12;1-3-2/h5-9H,1-4H3;3H,1-2H3. The number of anilines is 3. The quantitative estimate of drug-likeness (QED) is 0.620. The van der Waals surface area contributed by atoms with E-state index in [0.717, 1.165) is 22.5 Å². The number of para-hydroxylation sites is 1. The van der Waals surface area contributed by atoms with E-state index in [1.807, 2.05) is 52.2 Å². The number of hydrazine groups is 2. The van der Waals surface area contributed by atoms with E-state index in [1.165, 1.54) is 17.6 Å². The van der Waals surface area contributed by atoms with E-state index in [2.05, 4.69) is 15.3 Å². The van der Waals surface area contributed by atoms with Crippen molar-refractivity contribution in [3.8, 4) is 0 Å². The van der Waals surface area contributed by atoms with Crippen molar-refractivity contribution in [2.45, 2.75) is 13.8 Å². The summed E-state index contributed by atoms with van der Waals surface area (Å²) in [4.78, 5) is 20.2. The maximum Gasteiger partial charge on any atom is 0.114 e. The van der Waals surface area contributed by atoms with Gasteiger partial charge in [0.25, 0.3) is 0 Å². The molecule has 0 unspecified atom stereocenters. The predicted molar refractivity (Wildman–Crippen MR) is 121 cm³/mol. The van der Waals surface area contributed by atoms with Crippen LogP contribution < -0.4 is 15.5 Å². The van der Waals surface area contributed by atoms with Gasteiger partial charge in [-0.25, -0.2) is 9.99 Å². The third kappa shape index (κ3) is 3.78. The van der Waals surface area contributed by atoms with E-state index >= 15 is 0 Å². The van der Waals surface area contributed by atoms with Gasteiger partial charge in [-0.1, -0.05) is 29.3 Å². The van der Waals surface area contributed by atoms with Gasteiger partial charge in [-0.3, -0.25) is 14.7 Å². The molecule has 1 N–H and O–H groups in total. The molecule has 0 amide bonds. The number of aryl methyl sites for hydroxylation is 2. The van der Waals surface area contributed by atoms with Crippen molar-refractivity contribution >= 4 is 51.3 Å². The molecule has 3 aromatic rings. The van der Waals surface area contributed by atoms with E-state index in [4.69, 9.17) is 32.9 Å². The fourth-order valence-electron chi connectivity index (χ4n) is 3.16. The zero-order valence-electron chi connectivity index (χ0n) is 17.7. The van der Waals surface area contributed by atoms with Crippen LogP contribution >= 0.6 is 23.2 Å². The van der Waals surface area contributed by atoms with Crippen molar-refractivity contribution in [3.05, 3.63) is 51.8 Å². The van der Waals surface area contributed by atoms with Crippen LogP contribution in [0.25, 0.3) is 11.0 Å². The smallest absolute Gasteiger partial charge is 0.114 e. The molecule has 2 aromatic carbocycles. The lowest BCUT2D eigenvalue weighted by Gasteiger charge is -2.31. The number of halogens is 2. The summed E-state index contributed by atoms with van der Waals surface area (Å²) in [5, 5.41) is 8.31. The Balaban J connectivity index is 0.000000806. The predicted octanol–water partition coefficient (Wildman–Crippen LogP) is 4.60. The Morgan fingerprint density at radius 2 is 1.70 bits per heavy atom. The molecular weight excluding hydrogens is 427 g/mol. The number of nitrogens with one attached hydrogen (secondary N) is 1. The zero-order valence-corrected chi connectivity index (χ0v) is 19.2. The summed E-state index contributed by atoms with van der Waals surface area (Å²) in [6.45, 7) is 3.78. The summed E-state index contributed by atoms with van der Waals surface area (Å²) in [6.07, 6.45) is 1.72. The fraction of sp³-hybridized carbons (Fsp3) is 0.300. The van der Waals surface area contributed by atoms with Gasteiger partial charge < -0.3 is 5.32 Å². The Bertz CT molecular complexity index is 1070. The molecule has 1 aliphatic heterocycles. The van der Waals surface area contributed by atoms with Gasteiger partial charge in [-0.05, 0) is 51.7 Å². The summed E-state index contributed by atoms with van der Waals surface area (Å²) in [6, 6.07) is 7.61. The van der Waals surface area contributed by atoms with Crippen molar-refractivity contribution < 1.29 is 9.68 Å². The molecule has 0 aliphatic carbocycles. The van der Waals surface area contributed by atoms with Gasteiger partial charge in [0.1, 0.15) is 16.9 Å². The minimum Gasteiger partial charge on any atom is -0.323 e. The van der Waals surface area contributed by atoms with E-state index in [-0.39, 0.29) is 0 Å². The van der Waals surface area contributed by atoms with Crippen LogP contribution in [0.15, 0.2) is 30.5 Å². The lowest BCUT2D eigenvalue weighted by Crippen LogP contribution is -2.45. The maximum atomic E-state index is 6.64. The molecule has 4 rings (SSSR count). The highest BCUT2D eigenvalue weighted by molar-refractivity contribution is 6.45. The summed E-state index contributed by atoms with van der Waals surface area (Å²) in [7, 11) is 6.83. The molecule has 0 saturated carbocycles. The summed E-state index contributed by atoms with van der Waals surface area (Å²) >= 11 is 13.1. The third-order valence-corrected chi connectivity index (χ3v) is 5.27. The summed E-state index contributed by atoms with van der Waals surface area (Å²) in [5.41, 5.74) is 5.17. The molecule has 2 heterocycles. The lowest BCUT2D eigenvalue weighted by molar-refractivity contribution is -0.193. The van der Waals surface area contributed by atoms with Crippen LogP contribution in [-0.2, 0) is 9.68 Å². The second-order valence-corrected chi connectivity index (χ2v) is 7.30. The maximum absolute atomic E-state index is 6.64. The first-order valence-electron chi connectivity index (χ1n) is 9.17. The normalized spacial score (nSPS) is 13.5. The first-order chi connectivity index (χ1) is 14.4. The van der Waals surface area contributed by atoms with Gasteiger partial charge >= 0.3 is 0 Å². The molecule has 0 fully saturated rings. The van der Waals surface area contributed by atoms with E-state index < -0.39 is 0 Å². The zero-order chi connectivity index (χ0) is 22.0. The van der Waals surface area contributed by atoms with E-state index in [9.17, 15) is 0 Å². The summed E-state index contributed by atoms with van der Waals surface area (Å²) < 4.78 is 0. The van der Waals surface area contributed by atoms with Crippen LogP contribution in [0.1, 0.15) is 11.3 Å². The molecule has 0 saturated heterocycles. The molecule has 0 atom stereocenters. The van der Waals surface area contributed by atoms with Crippen molar-refractivity contribution in [1.82, 2.24) is 20.6 Å². The number of fused-ring (bicyclic) bond motifs is 2. The average molecular weight is 451 g/mol. The van der Waals surface area contributed by atoms with Crippen molar-refractivity contribution in [1.29, 1.82) is 0 Å². The Morgan fingerprint density at radius 1 is 1.00 bits per heavy atom. The third-order valence-electron chi connectivity index (χ3n) is 4.32. The SMILES string of the molecule is CNC.CON1c2cc(C)c(Cl)c(Cl)c2N(c2cccc3nc(C)cnc23)N1OC. The van der Waals surface area contributed by atoms with E-state index in [0.29, 0.717) is 26.9 Å². The first-order valence-corrected chi connectivity index (χ1v) is 9.93. The van der Waals surface area contributed by atoms with Gasteiger partial charge in [0, 0.05) is 11.5 Å².